The molecule has 0 saturated carbocycles. The number of hydrogen-bond acceptors (Lipinski definition) is 9. The molecule has 0 radical (unpaired) electrons. The number of H-pyrrole nitrogens is 1. The van der Waals surface area contributed by atoms with Crippen LogP contribution in [0.2, 0.25) is 0 Å². The molecular weight excluding hydrogens is 393 g/mol. The van der Waals surface area contributed by atoms with Crippen molar-refractivity contribution in [1.29, 1.82) is 0 Å². The van der Waals surface area contributed by atoms with Gasteiger partial charge in [-0.25, -0.2) is 9.78 Å². The Morgan fingerprint density at radius 3 is 2.21 bits per heavy atom. The third kappa shape index (κ3) is 4.29. The molecule has 0 atom stereocenters. The van der Waals surface area contributed by atoms with Gasteiger partial charge in [-0.1, -0.05) is 0 Å². The lowest BCUT2D eigenvalue weighted by Gasteiger charge is -2.30. The normalized spacial score (nSPS) is 18.2. The monoisotopic (exact) mass is 412 g/mol. The van der Waals surface area contributed by atoms with Crippen molar-refractivity contribution in [2.75, 3.05) is 62.3 Å². The number of nitrogens with zero attached hydrogens (tertiary/aromatic N) is 6. The molecule has 10 nitrogen and oxygen atoms in total. The molecule has 13 heteroatoms. The second kappa shape index (κ2) is 7.91. The summed E-state index contributed by atoms with van der Waals surface area (Å²) in [5, 5.41) is 3.21. The van der Waals surface area contributed by atoms with Gasteiger partial charge in [0, 0.05) is 45.5 Å². The summed E-state index contributed by atoms with van der Waals surface area (Å²) in [6.07, 6.45) is -3.94. The number of halogens is 3. The molecular formula is C16H19F3N8O2. The van der Waals surface area contributed by atoms with Crippen molar-refractivity contribution in [3.63, 3.8) is 0 Å². The minimum Gasteiger partial charge on any atom is -0.378 e. The molecule has 0 spiro atoms. The maximum Gasteiger partial charge on any atom is 0.432 e. The van der Waals surface area contributed by atoms with Gasteiger partial charge in [-0.3, -0.25) is 0 Å². The minimum absolute atomic E-state index is 0.189. The van der Waals surface area contributed by atoms with Gasteiger partial charge in [0.2, 0.25) is 11.9 Å². The number of piperazine rings is 1. The number of nitrogens with one attached hydrogen (secondary N) is 2. The fourth-order valence-corrected chi connectivity index (χ4v) is 3.17. The van der Waals surface area contributed by atoms with Crippen LogP contribution in [0, 0.1) is 0 Å². The smallest absolute Gasteiger partial charge is 0.378 e. The molecule has 0 aromatic carbocycles. The van der Waals surface area contributed by atoms with Crippen LogP contribution < -0.4 is 20.8 Å². The zero-order valence-corrected chi connectivity index (χ0v) is 15.4. The van der Waals surface area contributed by atoms with Crippen LogP contribution in [-0.4, -0.2) is 77.4 Å². The van der Waals surface area contributed by atoms with Crippen LogP contribution in [0.1, 0.15) is 5.69 Å². The Labute approximate surface area is 163 Å². The molecule has 2 aromatic rings. The predicted octanol–water partition coefficient (Wildman–Crippen LogP) is -0.113. The molecule has 2 aliphatic rings. The average molecular weight is 412 g/mol. The first kappa shape index (κ1) is 19.5. The lowest BCUT2D eigenvalue weighted by Crippen LogP contribution is -2.44. The third-order valence-corrected chi connectivity index (χ3v) is 4.64. The Kier molecular flexibility index (Phi) is 5.32. The molecule has 2 saturated heterocycles. The molecule has 2 aromatic heterocycles. The molecule has 4 rings (SSSR count). The van der Waals surface area contributed by atoms with E-state index in [0.717, 1.165) is 6.20 Å². The molecule has 156 valence electrons. The summed E-state index contributed by atoms with van der Waals surface area (Å²) in [6, 6.07) is 0. The molecule has 4 heterocycles. The quantitative estimate of drug-likeness (QED) is 0.713. The van der Waals surface area contributed by atoms with Gasteiger partial charge in [-0.2, -0.15) is 28.1 Å². The molecule has 2 aliphatic heterocycles. The van der Waals surface area contributed by atoms with Gasteiger partial charge in [0.1, 0.15) is 5.69 Å². The van der Waals surface area contributed by atoms with E-state index in [4.69, 9.17) is 4.74 Å². The Bertz CT molecular complexity index is 887. The summed E-state index contributed by atoms with van der Waals surface area (Å²) < 4.78 is 45.9. The van der Waals surface area contributed by atoms with Crippen LogP contribution in [0.15, 0.2) is 11.0 Å². The summed E-state index contributed by atoms with van der Waals surface area (Å²) in [4.78, 5) is 33.4. The van der Waals surface area contributed by atoms with Gasteiger partial charge < -0.3 is 24.8 Å². The van der Waals surface area contributed by atoms with E-state index in [-0.39, 0.29) is 17.7 Å². The molecule has 2 N–H and O–H groups in total. The van der Waals surface area contributed by atoms with E-state index in [1.54, 1.807) is 4.98 Å². The largest absolute Gasteiger partial charge is 0.432 e. The van der Waals surface area contributed by atoms with Crippen LogP contribution >= 0.6 is 0 Å². The summed E-state index contributed by atoms with van der Waals surface area (Å²) in [5.74, 6) is 0.370. The first-order valence-corrected chi connectivity index (χ1v) is 9.13. The molecule has 29 heavy (non-hydrogen) atoms. The highest BCUT2D eigenvalue weighted by atomic mass is 19.4. The lowest BCUT2D eigenvalue weighted by atomic mass is 10.2. The van der Waals surface area contributed by atoms with Crippen LogP contribution in [0.3, 0.4) is 0 Å². The van der Waals surface area contributed by atoms with E-state index in [1.165, 1.54) is 0 Å². The van der Waals surface area contributed by atoms with Crippen LogP contribution in [-0.2, 0) is 10.9 Å². The third-order valence-electron chi connectivity index (χ3n) is 4.64. The Morgan fingerprint density at radius 2 is 1.59 bits per heavy atom. The van der Waals surface area contributed by atoms with Crippen molar-refractivity contribution in [3.05, 3.63) is 22.4 Å². The number of aromatic nitrogens is 5. The van der Waals surface area contributed by atoms with Gasteiger partial charge >= 0.3 is 11.9 Å². The summed E-state index contributed by atoms with van der Waals surface area (Å²) >= 11 is 0. The van der Waals surface area contributed by atoms with E-state index in [0.29, 0.717) is 52.5 Å². The van der Waals surface area contributed by atoms with Gasteiger partial charge in [0.25, 0.3) is 0 Å². The van der Waals surface area contributed by atoms with E-state index in [1.807, 2.05) is 9.80 Å². The SMILES string of the molecule is O=c1ncc(-c2nc(N3CCNCC3)nc(N3CCOCC3)n2)c(C(F)(F)F)[nH]1. The number of anilines is 2. The van der Waals surface area contributed by atoms with Gasteiger partial charge in [0.05, 0.1) is 18.8 Å². The second-order valence-corrected chi connectivity index (χ2v) is 6.57. The van der Waals surface area contributed by atoms with E-state index in [9.17, 15) is 18.0 Å². The molecule has 0 unspecified atom stereocenters. The summed E-state index contributed by atoms with van der Waals surface area (Å²) in [7, 11) is 0. The van der Waals surface area contributed by atoms with E-state index in [2.05, 4.69) is 25.3 Å². The highest BCUT2D eigenvalue weighted by Crippen LogP contribution is 2.34. The highest BCUT2D eigenvalue weighted by Gasteiger charge is 2.37. The van der Waals surface area contributed by atoms with Crippen LogP contribution in [0.4, 0.5) is 25.1 Å². The van der Waals surface area contributed by atoms with Crippen molar-refractivity contribution < 1.29 is 17.9 Å². The topological polar surface area (TPSA) is 112 Å². The summed E-state index contributed by atoms with van der Waals surface area (Å²) in [6.45, 7) is 4.62. The maximum atomic E-state index is 13.5. The minimum atomic E-state index is -4.79. The molecule has 0 amide bonds. The molecule has 2 fully saturated rings. The number of hydrogen-bond donors (Lipinski definition) is 2. The first-order valence-electron chi connectivity index (χ1n) is 9.13. The van der Waals surface area contributed by atoms with E-state index < -0.39 is 23.1 Å². The number of alkyl halides is 3. The Hall–Kier alpha value is -2.80. The number of ether oxygens (including phenoxy) is 1. The fourth-order valence-electron chi connectivity index (χ4n) is 3.17. The maximum absolute atomic E-state index is 13.5. The second-order valence-electron chi connectivity index (χ2n) is 6.57. The van der Waals surface area contributed by atoms with Crippen molar-refractivity contribution >= 4 is 11.9 Å². The molecule has 0 bridgehead atoms. The Morgan fingerprint density at radius 1 is 0.966 bits per heavy atom. The number of aromatic amines is 1. The highest BCUT2D eigenvalue weighted by molar-refractivity contribution is 5.61. The standard InChI is InChI=1S/C16H19F3N8O2/c17-16(18,19)11-10(9-21-15(28)22-11)12-23-13(26-3-1-20-2-4-26)25-14(24-12)27-5-7-29-8-6-27/h9,20H,1-8H2,(H,21,22,28). The summed E-state index contributed by atoms with van der Waals surface area (Å²) in [5.41, 5.74) is -2.72. The van der Waals surface area contributed by atoms with Gasteiger partial charge in [-0.15, -0.1) is 0 Å². The first-order chi connectivity index (χ1) is 13.9. The van der Waals surface area contributed by atoms with Crippen molar-refractivity contribution in [2.45, 2.75) is 6.18 Å². The Balaban J connectivity index is 1.83. The zero-order chi connectivity index (χ0) is 20.4. The number of rotatable bonds is 3. The van der Waals surface area contributed by atoms with Gasteiger partial charge in [-0.05, 0) is 0 Å². The van der Waals surface area contributed by atoms with E-state index >= 15 is 0 Å². The fraction of sp³-hybridized carbons (Fsp3) is 0.562. The van der Waals surface area contributed by atoms with Crippen molar-refractivity contribution in [3.8, 4) is 11.4 Å². The van der Waals surface area contributed by atoms with Gasteiger partial charge in [0.15, 0.2) is 5.82 Å². The molecule has 0 aliphatic carbocycles. The average Bonchev–Trinajstić information content (AvgIpc) is 2.74. The zero-order valence-electron chi connectivity index (χ0n) is 15.4. The predicted molar refractivity (Wildman–Crippen MR) is 96.8 cm³/mol. The van der Waals surface area contributed by atoms with Crippen molar-refractivity contribution in [1.82, 2.24) is 30.2 Å². The van der Waals surface area contributed by atoms with Crippen LogP contribution in [0.5, 0.6) is 0 Å². The van der Waals surface area contributed by atoms with Crippen molar-refractivity contribution in [2.24, 2.45) is 0 Å². The lowest BCUT2D eigenvalue weighted by molar-refractivity contribution is -0.140. The number of morpholine rings is 1. The van der Waals surface area contributed by atoms with Crippen LogP contribution in [0.25, 0.3) is 11.4 Å².